The van der Waals surface area contributed by atoms with Gasteiger partial charge in [-0.25, -0.2) is 0 Å². The Bertz CT molecular complexity index is 963. The first-order chi connectivity index (χ1) is 16.7. The van der Waals surface area contributed by atoms with Crippen LogP contribution in [0.4, 0.5) is 0 Å². The summed E-state index contributed by atoms with van der Waals surface area (Å²) in [4.78, 5) is 48.2. The van der Waals surface area contributed by atoms with Crippen molar-refractivity contribution in [1.29, 1.82) is 0 Å². The first-order valence-electron chi connectivity index (χ1n) is 12.3. The Kier molecular flexibility index (Phi) is 10.1. The minimum atomic E-state index is -0.373. The molecule has 6 heteroatoms. The smallest absolute Gasteiger partial charge is 0.306 e. The minimum absolute atomic E-state index is 0.182. The third kappa shape index (κ3) is 11.0. The van der Waals surface area contributed by atoms with Crippen molar-refractivity contribution < 1.29 is 28.7 Å². The molecule has 36 heavy (non-hydrogen) atoms. The van der Waals surface area contributed by atoms with Crippen LogP contribution in [0.1, 0.15) is 86.2 Å². The van der Waals surface area contributed by atoms with Gasteiger partial charge in [0, 0.05) is 11.1 Å². The van der Waals surface area contributed by atoms with Crippen molar-refractivity contribution in [2.45, 2.75) is 67.2 Å². The second-order valence-electron chi connectivity index (χ2n) is 11.5. The maximum Gasteiger partial charge on any atom is 0.306 e. The SMILES string of the molecule is CC(C)(C)CC(=O)OCC(=O)c1ccc(CCc2ccc(C(=O)COC(=O)CC(C)(C)C)cc2)cc1. The van der Waals surface area contributed by atoms with E-state index < -0.39 is 0 Å². The molecule has 0 aliphatic heterocycles. The molecular formula is C30H38O6. The fourth-order valence-electron chi connectivity index (χ4n) is 3.43. The molecule has 0 bridgehead atoms. The van der Waals surface area contributed by atoms with Gasteiger partial charge in [0.2, 0.25) is 0 Å². The topological polar surface area (TPSA) is 86.7 Å². The molecule has 0 aliphatic rings. The summed E-state index contributed by atoms with van der Waals surface area (Å²) in [5, 5.41) is 0. The van der Waals surface area contributed by atoms with E-state index in [0.717, 1.165) is 24.0 Å². The Labute approximate surface area is 214 Å². The molecule has 0 amide bonds. The quantitative estimate of drug-likeness (QED) is 0.290. The molecule has 0 atom stereocenters. The number of aryl methyl sites for hydroxylation is 2. The lowest BCUT2D eigenvalue weighted by atomic mass is 9.92. The maximum atomic E-state index is 12.3. The van der Waals surface area contributed by atoms with Crippen LogP contribution in [-0.4, -0.2) is 36.7 Å². The Morgan fingerprint density at radius 1 is 0.556 bits per heavy atom. The van der Waals surface area contributed by atoms with E-state index in [4.69, 9.17) is 9.47 Å². The zero-order valence-corrected chi connectivity index (χ0v) is 22.3. The molecule has 0 heterocycles. The summed E-state index contributed by atoms with van der Waals surface area (Å²) >= 11 is 0. The first-order valence-corrected chi connectivity index (χ1v) is 12.3. The van der Waals surface area contributed by atoms with Gasteiger partial charge in [-0.3, -0.25) is 19.2 Å². The number of rotatable bonds is 11. The molecular weight excluding hydrogens is 456 g/mol. The zero-order valence-electron chi connectivity index (χ0n) is 22.3. The Morgan fingerprint density at radius 2 is 0.861 bits per heavy atom. The van der Waals surface area contributed by atoms with E-state index >= 15 is 0 Å². The van der Waals surface area contributed by atoms with Crippen LogP contribution in [0.3, 0.4) is 0 Å². The van der Waals surface area contributed by atoms with Gasteiger partial charge in [0.15, 0.2) is 24.8 Å². The van der Waals surface area contributed by atoms with Crippen molar-refractivity contribution in [3.8, 4) is 0 Å². The molecule has 194 valence electrons. The van der Waals surface area contributed by atoms with E-state index in [1.807, 2.05) is 65.8 Å². The lowest BCUT2D eigenvalue weighted by Gasteiger charge is -2.16. The number of esters is 2. The monoisotopic (exact) mass is 494 g/mol. The Morgan fingerprint density at radius 3 is 1.14 bits per heavy atom. The molecule has 0 radical (unpaired) electrons. The molecule has 2 rings (SSSR count). The van der Waals surface area contributed by atoms with Crippen LogP contribution in [-0.2, 0) is 31.9 Å². The molecule has 0 N–H and O–H groups in total. The molecule has 0 saturated heterocycles. The summed E-state index contributed by atoms with van der Waals surface area (Å²) < 4.78 is 10.2. The van der Waals surface area contributed by atoms with E-state index in [1.54, 1.807) is 24.3 Å². The van der Waals surface area contributed by atoms with Gasteiger partial charge < -0.3 is 9.47 Å². The van der Waals surface area contributed by atoms with Crippen molar-refractivity contribution in [3.63, 3.8) is 0 Å². The van der Waals surface area contributed by atoms with Gasteiger partial charge in [0.05, 0.1) is 12.8 Å². The van der Waals surface area contributed by atoms with Gasteiger partial charge >= 0.3 is 11.9 Å². The van der Waals surface area contributed by atoms with Crippen molar-refractivity contribution in [3.05, 3.63) is 70.8 Å². The largest absolute Gasteiger partial charge is 0.457 e. The Hall–Kier alpha value is -3.28. The molecule has 2 aromatic carbocycles. The van der Waals surface area contributed by atoms with Crippen LogP contribution in [0.5, 0.6) is 0 Å². The van der Waals surface area contributed by atoms with E-state index in [9.17, 15) is 19.2 Å². The highest BCUT2D eigenvalue weighted by molar-refractivity contribution is 5.98. The van der Waals surface area contributed by atoms with Crippen LogP contribution in [0.15, 0.2) is 48.5 Å². The molecule has 6 nitrogen and oxygen atoms in total. The molecule has 0 aromatic heterocycles. The number of Topliss-reactive ketones (excluding diaryl/α,β-unsaturated/α-hetero) is 2. The number of hydrogen-bond donors (Lipinski definition) is 0. The second kappa shape index (κ2) is 12.6. The van der Waals surface area contributed by atoms with Crippen molar-refractivity contribution >= 4 is 23.5 Å². The summed E-state index contributed by atoms with van der Waals surface area (Å²) in [5.41, 5.74) is 2.79. The van der Waals surface area contributed by atoms with E-state index in [-0.39, 0.29) is 60.4 Å². The summed E-state index contributed by atoms with van der Waals surface area (Å²) in [5.74, 6) is -1.20. The molecule has 0 aliphatic carbocycles. The fourth-order valence-corrected chi connectivity index (χ4v) is 3.43. The van der Waals surface area contributed by atoms with Gasteiger partial charge in [-0.2, -0.15) is 0 Å². The van der Waals surface area contributed by atoms with Gasteiger partial charge in [-0.15, -0.1) is 0 Å². The van der Waals surface area contributed by atoms with Gasteiger partial charge in [0.1, 0.15) is 0 Å². The van der Waals surface area contributed by atoms with Crippen LogP contribution in [0, 0.1) is 10.8 Å². The third-order valence-electron chi connectivity index (χ3n) is 5.33. The van der Waals surface area contributed by atoms with Crippen molar-refractivity contribution in [2.24, 2.45) is 10.8 Å². The highest BCUT2D eigenvalue weighted by atomic mass is 16.5. The average molecular weight is 495 g/mol. The van der Waals surface area contributed by atoms with E-state index in [0.29, 0.717) is 11.1 Å². The standard InChI is InChI=1S/C30H38O6/c1-29(2,3)17-27(33)35-19-25(31)23-13-9-21(10-14-23)7-8-22-11-15-24(16-12-22)26(32)20-36-28(34)18-30(4,5)6/h9-16H,7-8,17-20H2,1-6H3. The lowest BCUT2D eigenvalue weighted by Crippen LogP contribution is -2.19. The molecule has 0 fully saturated rings. The number of hydrogen-bond acceptors (Lipinski definition) is 6. The van der Waals surface area contributed by atoms with Crippen LogP contribution in [0.2, 0.25) is 0 Å². The molecule has 0 spiro atoms. The molecule has 2 aromatic rings. The molecule has 0 unspecified atom stereocenters. The first kappa shape index (κ1) is 29.0. The summed E-state index contributed by atoms with van der Waals surface area (Å²) in [7, 11) is 0. The maximum absolute atomic E-state index is 12.3. The summed E-state index contributed by atoms with van der Waals surface area (Å²) in [6.07, 6.45) is 2.07. The average Bonchev–Trinajstić information content (AvgIpc) is 2.78. The third-order valence-corrected chi connectivity index (χ3v) is 5.33. The van der Waals surface area contributed by atoms with Crippen molar-refractivity contribution in [1.82, 2.24) is 0 Å². The number of carbonyl (C=O) groups is 4. The van der Waals surface area contributed by atoms with Crippen molar-refractivity contribution in [2.75, 3.05) is 13.2 Å². The summed E-state index contributed by atoms with van der Waals surface area (Å²) in [6, 6.07) is 14.6. The zero-order chi connectivity index (χ0) is 26.9. The number of carbonyl (C=O) groups excluding carboxylic acids is 4. The lowest BCUT2D eigenvalue weighted by molar-refractivity contribution is -0.145. The Balaban J connectivity index is 1.80. The van der Waals surface area contributed by atoms with Gasteiger partial charge in [-0.1, -0.05) is 90.1 Å². The predicted octanol–water partition coefficient (Wildman–Crippen LogP) is 5.80. The molecule has 0 saturated carbocycles. The van der Waals surface area contributed by atoms with Crippen LogP contribution < -0.4 is 0 Å². The number of ether oxygens (including phenoxy) is 2. The second-order valence-corrected chi connectivity index (χ2v) is 11.5. The van der Waals surface area contributed by atoms with E-state index in [2.05, 4.69) is 0 Å². The highest BCUT2D eigenvalue weighted by Crippen LogP contribution is 2.20. The van der Waals surface area contributed by atoms with Crippen LogP contribution >= 0.6 is 0 Å². The predicted molar refractivity (Wildman–Crippen MR) is 139 cm³/mol. The fraction of sp³-hybridized carbons (Fsp3) is 0.467. The van der Waals surface area contributed by atoms with Gasteiger partial charge in [0.25, 0.3) is 0 Å². The minimum Gasteiger partial charge on any atom is -0.457 e. The normalized spacial score (nSPS) is 11.6. The summed E-state index contributed by atoms with van der Waals surface area (Å²) in [6.45, 7) is 11.1. The highest BCUT2D eigenvalue weighted by Gasteiger charge is 2.19. The number of ketones is 2. The van der Waals surface area contributed by atoms with Crippen LogP contribution in [0.25, 0.3) is 0 Å². The number of benzene rings is 2. The van der Waals surface area contributed by atoms with E-state index in [1.165, 1.54) is 0 Å². The van der Waals surface area contributed by atoms with Gasteiger partial charge in [-0.05, 0) is 34.8 Å².